The zero-order valence-corrected chi connectivity index (χ0v) is 17.2. The Bertz CT molecular complexity index is 760. The van der Waals surface area contributed by atoms with Crippen LogP contribution >= 0.6 is 0 Å². The Labute approximate surface area is 171 Å². The van der Waals surface area contributed by atoms with Crippen molar-refractivity contribution in [3.8, 4) is 0 Å². The maximum absolute atomic E-state index is 12.3. The minimum atomic E-state index is -0.594. The number of nitrogens with one attached hydrogen (secondary N) is 3. The summed E-state index contributed by atoms with van der Waals surface area (Å²) in [5.41, 5.74) is 1.45. The minimum Gasteiger partial charge on any atom is -0.444 e. The summed E-state index contributed by atoms with van der Waals surface area (Å²) in [6.07, 6.45) is 2.59. The Morgan fingerprint density at radius 1 is 1.07 bits per heavy atom. The van der Waals surface area contributed by atoms with Gasteiger partial charge in [-0.05, 0) is 45.7 Å². The highest BCUT2D eigenvalue weighted by Crippen LogP contribution is 2.22. The van der Waals surface area contributed by atoms with E-state index in [0.29, 0.717) is 24.6 Å². The molecule has 0 aromatic heterocycles. The molecule has 0 bridgehead atoms. The van der Waals surface area contributed by atoms with Gasteiger partial charge in [0.25, 0.3) is 0 Å². The van der Waals surface area contributed by atoms with Crippen molar-refractivity contribution in [1.29, 1.82) is 0 Å². The summed E-state index contributed by atoms with van der Waals surface area (Å²) in [6.45, 7) is 6.70. The second kappa shape index (κ2) is 10.6. The van der Waals surface area contributed by atoms with E-state index in [1.807, 2.05) is 0 Å². The van der Waals surface area contributed by atoms with E-state index in [1.165, 1.54) is 0 Å². The molecular weight excluding hydrogens is 374 g/mol. The van der Waals surface area contributed by atoms with Crippen molar-refractivity contribution in [3.63, 3.8) is 0 Å². The first-order valence-corrected chi connectivity index (χ1v) is 9.67. The fourth-order valence-electron chi connectivity index (χ4n) is 2.64. The number of carbonyl (C=O) groups excluding carboxylic acids is 3. The van der Waals surface area contributed by atoms with Crippen LogP contribution in [0.15, 0.2) is 35.9 Å². The molecule has 0 saturated carbocycles. The molecule has 3 N–H and O–H groups in total. The van der Waals surface area contributed by atoms with Gasteiger partial charge in [-0.25, -0.2) is 4.79 Å². The molecule has 2 rings (SSSR count). The number of ether oxygens (including phenoxy) is 2. The first-order valence-electron chi connectivity index (χ1n) is 9.67. The van der Waals surface area contributed by atoms with Crippen LogP contribution in [0.25, 0.3) is 0 Å². The number of benzene rings is 1. The average molecular weight is 403 g/mol. The van der Waals surface area contributed by atoms with Gasteiger partial charge in [-0.15, -0.1) is 0 Å². The monoisotopic (exact) mass is 403 g/mol. The van der Waals surface area contributed by atoms with Crippen molar-refractivity contribution in [3.05, 3.63) is 35.9 Å². The predicted molar refractivity (Wildman–Crippen MR) is 111 cm³/mol. The summed E-state index contributed by atoms with van der Waals surface area (Å²) in [5, 5.41) is 8.10. The van der Waals surface area contributed by atoms with E-state index >= 15 is 0 Å². The standard InChI is InChI=1S/C21H29N3O5/c1-21(2,3)29-20(27)22-11-8-18(25)23-16-6-4-5-7-17(16)24-19(26)14-15-9-12-28-13-10-15/h4-7,14H,8-13H2,1-3H3,(H,22,27)(H,23,25)(H,24,26). The number of rotatable bonds is 6. The Morgan fingerprint density at radius 2 is 1.69 bits per heavy atom. The largest absolute Gasteiger partial charge is 0.444 e. The van der Waals surface area contributed by atoms with Gasteiger partial charge >= 0.3 is 6.09 Å². The summed E-state index contributed by atoms with van der Waals surface area (Å²) < 4.78 is 10.4. The predicted octanol–water partition coefficient (Wildman–Crippen LogP) is 3.22. The third-order valence-corrected chi connectivity index (χ3v) is 3.95. The van der Waals surface area contributed by atoms with Crippen LogP contribution in [-0.4, -0.2) is 43.3 Å². The molecule has 0 aliphatic carbocycles. The van der Waals surface area contributed by atoms with Crippen LogP contribution in [-0.2, 0) is 19.1 Å². The van der Waals surface area contributed by atoms with Crippen molar-refractivity contribution in [2.24, 2.45) is 0 Å². The lowest BCUT2D eigenvalue weighted by atomic mass is 10.1. The van der Waals surface area contributed by atoms with Gasteiger partial charge in [-0.1, -0.05) is 17.7 Å². The van der Waals surface area contributed by atoms with E-state index in [-0.39, 0.29) is 24.8 Å². The van der Waals surface area contributed by atoms with Gasteiger partial charge in [0.1, 0.15) is 5.60 Å². The SMILES string of the molecule is CC(C)(C)OC(=O)NCCC(=O)Nc1ccccc1NC(=O)C=C1CCOCC1. The number of hydrogen-bond donors (Lipinski definition) is 3. The van der Waals surface area contributed by atoms with Crippen LogP contribution < -0.4 is 16.0 Å². The van der Waals surface area contributed by atoms with E-state index in [9.17, 15) is 14.4 Å². The van der Waals surface area contributed by atoms with Crippen molar-refractivity contribution >= 4 is 29.3 Å². The topological polar surface area (TPSA) is 106 Å². The summed E-state index contributed by atoms with van der Waals surface area (Å²) in [7, 11) is 0. The minimum absolute atomic E-state index is 0.0750. The zero-order chi connectivity index (χ0) is 21.3. The molecule has 1 aromatic rings. The second-order valence-corrected chi connectivity index (χ2v) is 7.68. The molecule has 158 valence electrons. The van der Waals surface area contributed by atoms with Gasteiger partial charge in [0.15, 0.2) is 0 Å². The van der Waals surface area contributed by atoms with Crippen molar-refractivity contribution in [2.45, 2.75) is 45.6 Å². The summed E-state index contributed by atoms with van der Waals surface area (Å²) in [6, 6.07) is 6.96. The number of alkyl carbamates (subject to hydrolysis) is 1. The molecule has 1 aliphatic heterocycles. The second-order valence-electron chi connectivity index (χ2n) is 7.68. The van der Waals surface area contributed by atoms with Crippen molar-refractivity contribution in [1.82, 2.24) is 5.32 Å². The molecule has 8 heteroatoms. The van der Waals surface area contributed by atoms with Gasteiger partial charge in [-0.2, -0.15) is 0 Å². The number of hydrogen-bond acceptors (Lipinski definition) is 5. The van der Waals surface area contributed by atoms with Crippen LogP contribution in [0.2, 0.25) is 0 Å². The lowest BCUT2D eigenvalue weighted by Gasteiger charge is -2.19. The molecule has 1 aromatic carbocycles. The van der Waals surface area contributed by atoms with E-state index < -0.39 is 11.7 Å². The van der Waals surface area contributed by atoms with Crippen molar-refractivity contribution < 1.29 is 23.9 Å². The third kappa shape index (κ3) is 8.78. The van der Waals surface area contributed by atoms with Crippen LogP contribution in [0.4, 0.5) is 16.2 Å². The average Bonchev–Trinajstić information content (AvgIpc) is 2.62. The summed E-state index contributed by atoms with van der Waals surface area (Å²) in [4.78, 5) is 36.1. The molecule has 8 nitrogen and oxygen atoms in total. The Hall–Kier alpha value is -2.87. The normalized spacial score (nSPS) is 14.0. The van der Waals surface area contributed by atoms with Gasteiger partial charge in [0, 0.05) is 19.0 Å². The Balaban J connectivity index is 1.85. The van der Waals surface area contributed by atoms with E-state index in [2.05, 4.69) is 16.0 Å². The lowest BCUT2D eigenvalue weighted by molar-refractivity contribution is -0.116. The maximum Gasteiger partial charge on any atom is 0.407 e. The van der Waals surface area contributed by atoms with Crippen LogP contribution in [0.1, 0.15) is 40.0 Å². The quantitative estimate of drug-likeness (QED) is 0.633. The van der Waals surface area contributed by atoms with Gasteiger partial charge in [0.05, 0.1) is 24.6 Å². The number of amides is 3. The van der Waals surface area contributed by atoms with E-state index in [4.69, 9.17) is 9.47 Å². The van der Waals surface area contributed by atoms with Crippen LogP contribution in [0.3, 0.4) is 0 Å². The molecule has 0 atom stereocenters. The highest BCUT2D eigenvalue weighted by Gasteiger charge is 2.16. The maximum atomic E-state index is 12.3. The Morgan fingerprint density at radius 3 is 2.31 bits per heavy atom. The zero-order valence-electron chi connectivity index (χ0n) is 17.2. The first-order chi connectivity index (χ1) is 13.7. The van der Waals surface area contributed by atoms with Gasteiger partial charge < -0.3 is 25.4 Å². The van der Waals surface area contributed by atoms with Gasteiger partial charge in [0.2, 0.25) is 11.8 Å². The molecule has 1 fully saturated rings. The Kier molecular flexibility index (Phi) is 8.21. The number of carbonyl (C=O) groups is 3. The smallest absolute Gasteiger partial charge is 0.407 e. The third-order valence-electron chi connectivity index (χ3n) is 3.95. The lowest BCUT2D eigenvalue weighted by Crippen LogP contribution is -2.34. The van der Waals surface area contributed by atoms with E-state index in [0.717, 1.165) is 18.4 Å². The van der Waals surface area contributed by atoms with E-state index in [1.54, 1.807) is 51.1 Å². The van der Waals surface area contributed by atoms with Crippen LogP contribution in [0.5, 0.6) is 0 Å². The molecule has 0 unspecified atom stereocenters. The molecule has 3 amide bonds. The molecule has 1 saturated heterocycles. The highest BCUT2D eigenvalue weighted by molar-refractivity contribution is 6.04. The number of anilines is 2. The summed E-state index contributed by atoms with van der Waals surface area (Å²) >= 11 is 0. The first kappa shape index (κ1) is 22.4. The molecule has 0 spiro atoms. The van der Waals surface area contributed by atoms with Crippen molar-refractivity contribution in [2.75, 3.05) is 30.4 Å². The fraction of sp³-hybridized carbons (Fsp3) is 0.476. The number of para-hydroxylation sites is 2. The molecule has 1 aliphatic rings. The fourth-order valence-corrected chi connectivity index (χ4v) is 2.64. The van der Waals surface area contributed by atoms with Gasteiger partial charge in [-0.3, -0.25) is 9.59 Å². The molecular formula is C21H29N3O5. The van der Waals surface area contributed by atoms with Crippen LogP contribution in [0, 0.1) is 0 Å². The highest BCUT2D eigenvalue weighted by atomic mass is 16.6. The molecule has 29 heavy (non-hydrogen) atoms. The molecule has 1 heterocycles. The summed E-state index contributed by atoms with van der Waals surface area (Å²) in [5.74, 6) is -0.527. The molecule has 0 radical (unpaired) electrons.